The summed E-state index contributed by atoms with van der Waals surface area (Å²) in [5.74, 6) is -1.63. The molecule has 1 heterocycles. The Morgan fingerprint density at radius 1 is 1.25 bits per heavy atom. The summed E-state index contributed by atoms with van der Waals surface area (Å²) < 4.78 is 62.1. The quantitative estimate of drug-likeness (QED) is 0.850. The van der Waals surface area contributed by atoms with Crippen LogP contribution in [-0.2, 0) is 16.0 Å². The first kappa shape index (κ1) is 18.6. The third kappa shape index (κ3) is 3.50. The topological polar surface area (TPSA) is 89.3 Å². The molecule has 0 atom stereocenters. The predicted molar refractivity (Wildman–Crippen MR) is 78.7 cm³/mol. The number of sulfone groups is 1. The van der Waals surface area contributed by atoms with Crippen molar-refractivity contribution in [3.63, 3.8) is 0 Å². The van der Waals surface area contributed by atoms with E-state index in [1.807, 2.05) is 0 Å². The van der Waals surface area contributed by atoms with Gasteiger partial charge in [-0.15, -0.1) is 0 Å². The van der Waals surface area contributed by atoms with Crippen molar-refractivity contribution in [2.75, 3.05) is 6.26 Å². The number of hydrogen-bond acceptors (Lipinski definition) is 4. The number of carboxylic acids is 1. The molecule has 130 valence electrons. The van der Waals surface area contributed by atoms with Crippen LogP contribution in [0.5, 0.6) is 0 Å². The summed E-state index contributed by atoms with van der Waals surface area (Å²) in [6.07, 6.45) is -3.12. The highest BCUT2D eigenvalue weighted by atomic mass is 35.5. The van der Waals surface area contributed by atoms with E-state index in [-0.39, 0.29) is 5.69 Å². The summed E-state index contributed by atoms with van der Waals surface area (Å²) in [7, 11) is -3.95. The number of rotatable bonds is 3. The van der Waals surface area contributed by atoms with Gasteiger partial charge in [-0.05, 0) is 12.1 Å². The van der Waals surface area contributed by atoms with Gasteiger partial charge in [0.25, 0.3) is 0 Å². The second-order valence-corrected chi connectivity index (χ2v) is 7.45. The maximum atomic E-state index is 12.7. The summed E-state index contributed by atoms with van der Waals surface area (Å²) in [6.45, 7) is 0. The zero-order valence-corrected chi connectivity index (χ0v) is 13.9. The SMILES string of the molecule is CS(=O)(=O)c1cn(-c2c(Cl)cc(C(F)(F)F)cc2Cl)nc1C(=O)O. The average Bonchev–Trinajstić information content (AvgIpc) is 2.81. The normalized spacial score (nSPS) is 12.4. The Morgan fingerprint density at radius 3 is 2.08 bits per heavy atom. The van der Waals surface area contributed by atoms with E-state index in [0.29, 0.717) is 16.8 Å². The van der Waals surface area contributed by atoms with E-state index >= 15 is 0 Å². The highest BCUT2D eigenvalue weighted by molar-refractivity contribution is 7.90. The van der Waals surface area contributed by atoms with E-state index < -0.39 is 48.2 Å². The van der Waals surface area contributed by atoms with Gasteiger partial charge in [0, 0.05) is 6.26 Å². The molecule has 6 nitrogen and oxygen atoms in total. The minimum atomic E-state index is -4.69. The van der Waals surface area contributed by atoms with Gasteiger partial charge in [-0.2, -0.15) is 18.3 Å². The van der Waals surface area contributed by atoms with Crippen LogP contribution in [-0.4, -0.2) is 35.5 Å². The lowest BCUT2D eigenvalue weighted by atomic mass is 10.2. The molecule has 0 unspecified atom stereocenters. The molecule has 0 aliphatic carbocycles. The molecule has 0 amide bonds. The molecule has 0 fully saturated rings. The summed E-state index contributed by atoms with van der Waals surface area (Å²) in [5, 5.41) is 11.6. The molecule has 1 aromatic carbocycles. The maximum Gasteiger partial charge on any atom is 0.416 e. The van der Waals surface area contributed by atoms with Crippen LogP contribution in [0.2, 0.25) is 10.0 Å². The molecule has 1 N–H and O–H groups in total. The monoisotopic (exact) mass is 402 g/mol. The van der Waals surface area contributed by atoms with Gasteiger partial charge in [-0.25, -0.2) is 17.9 Å². The summed E-state index contributed by atoms with van der Waals surface area (Å²) in [6, 6.07) is 1.15. The number of carbonyl (C=O) groups is 1. The Kier molecular flexibility index (Phi) is 4.59. The minimum absolute atomic E-state index is 0.274. The summed E-state index contributed by atoms with van der Waals surface area (Å²) >= 11 is 11.6. The zero-order valence-electron chi connectivity index (χ0n) is 11.6. The van der Waals surface area contributed by atoms with E-state index in [0.717, 1.165) is 12.5 Å². The third-order valence-electron chi connectivity index (χ3n) is 2.86. The number of aromatic carboxylic acids is 1. The van der Waals surface area contributed by atoms with Gasteiger partial charge in [0.1, 0.15) is 10.6 Å². The standard InChI is InChI=1S/C12H7Cl2F3N2O4S/c1-24(22,23)8-4-19(18-9(8)11(20)21)10-6(13)2-5(3-7(10)14)12(15,16)17/h2-4H,1H3,(H,20,21). The van der Waals surface area contributed by atoms with Crippen molar-refractivity contribution in [3.8, 4) is 5.69 Å². The van der Waals surface area contributed by atoms with Crippen LogP contribution in [0.15, 0.2) is 23.2 Å². The van der Waals surface area contributed by atoms with Crippen molar-refractivity contribution in [1.82, 2.24) is 9.78 Å². The van der Waals surface area contributed by atoms with Crippen LogP contribution in [0.4, 0.5) is 13.2 Å². The lowest BCUT2D eigenvalue weighted by Gasteiger charge is -2.12. The fourth-order valence-electron chi connectivity index (χ4n) is 1.84. The number of benzene rings is 1. The molecule has 0 aliphatic heterocycles. The smallest absolute Gasteiger partial charge is 0.416 e. The fraction of sp³-hybridized carbons (Fsp3) is 0.167. The highest BCUT2D eigenvalue weighted by Crippen LogP contribution is 2.37. The number of nitrogens with zero attached hydrogens (tertiary/aromatic N) is 2. The first-order valence-corrected chi connectivity index (χ1v) is 8.56. The molecule has 0 saturated carbocycles. The fourth-order valence-corrected chi connectivity index (χ4v) is 3.27. The predicted octanol–water partition coefficient (Wildman–Crippen LogP) is 3.30. The molecule has 24 heavy (non-hydrogen) atoms. The minimum Gasteiger partial charge on any atom is -0.476 e. The number of hydrogen-bond donors (Lipinski definition) is 1. The van der Waals surface area contributed by atoms with E-state index in [9.17, 15) is 26.4 Å². The Balaban J connectivity index is 2.72. The first-order chi connectivity index (χ1) is 10.8. The van der Waals surface area contributed by atoms with Gasteiger partial charge in [0.2, 0.25) is 0 Å². The van der Waals surface area contributed by atoms with Crippen molar-refractivity contribution >= 4 is 39.0 Å². The van der Waals surface area contributed by atoms with Gasteiger partial charge in [0.15, 0.2) is 15.5 Å². The molecular weight excluding hydrogens is 396 g/mol. The van der Waals surface area contributed by atoms with Gasteiger partial charge in [0.05, 0.1) is 21.8 Å². The molecule has 0 spiro atoms. The Hall–Kier alpha value is -1.78. The second kappa shape index (κ2) is 5.94. The van der Waals surface area contributed by atoms with Crippen molar-refractivity contribution in [2.24, 2.45) is 0 Å². The van der Waals surface area contributed by atoms with Crippen LogP contribution >= 0.6 is 23.2 Å². The average molecular weight is 403 g/mol. The van der Waals surface area contributed by atoms with E-state index in [4.69, 9.17) is 28.3 Å². The van der Waals surface area contributed by atoms with E-state index in [1.54, 1.807) is 0 Å². The molecule has 0 saturated heterocycles. The van der Waals surface area contributed by atoms with Gasteiger partial charge in [-0.1, -0.05) is 23.2 Å². The molecule has 1 aromatic heterocycles. The molecule has 12 heteroatoms. The lowest BCUT2D eigenvalue weighted by molar-refractivity contribution is -0.137. The molecule has 2 rings (SSSR count). The molecule has 0 radical (unpaired) electrons. The van der Waals surface area contributed by atoms with Crippen molar-refractivity contribution in [1.29, 1.82) is 0 Å². The van der Waals surface area contributed by atoms with Crippen LogP contribution in [0.1, 0.15) is 16.1 Å². The lowest BCUT2D eigenvalue weighted by Crippen LogP contribution is -2.07. The number of aromatic nitrogens is 2. The first-order valence-electron chi connectivity index (χ1n) is 5.92. The number of carboxylic acid groups (broad SMARTS) is 1. The van der Waals surface area contributed by atoms with Gasteiger partial charge < -0.3 is 5.11 Å². The molecule has 0 aliphatic rings. The summed E-state index contributed by atoms with van der Waals surface area (Å²) in [4.78, 5) is 10.5. The van der Waals surface area contributed by atoms with Gasteiger partial charge >= 0.3 is 12.1 Å². The van der Waals surface area contributed by atoms with Crippen molar-refractivity contribution in [3.05, 3.63) is 39.6 Å². The third-order valence-corrected chi connectivity index (χ3v) is 4.53. The van der Waals surface area contributed by atoms with Crippen LogP contribution in [0, 0.1) is 0 Å². The van der Waals surface area contributed by atoms with Crippen LogP contribution in [0.3, 0.4) is 0 Å². The molecular formula is C12H7Cl2F3N2O4S. The van der Waals surface area contributed by atoms with Crippen LogP contribution < -0.4 is 0 Å². The number of halogens is 5. The number of alkyl halides is 3. The van der Waals surface area contributed by atoms with E-state index in [1.165, 1.54) is 0 Å². The maximum absolute atomic E-state index is 12.7. The van der Waals surface area contributed by atoms with Crippen molar-refractivity contribution in [2.45, 2.75) is 11.1 Å². The Bertz CT molecular complexity index is 915. The van der Waals surface area contributed by atoms with Crippen LogP contribution in [0.25, 0.3) is 5.69 Å². The largest absolute Gasteiger partial charge is 0.476 e. The second-order valence-electron chi connectivity index (χ2n) is 4.65. The summed E-state index contributed by atoms with van der Waals surface area (Å²) in [5.41, 5.74) is -2.19. The Labute approximate surface area is 143 Å². The van der Waals surface area contributed by atoms with E-state index in [2.05, 4.69) is 5.10 Å². The van der Waals surface area contributed by atoms with Crippen molar-refractivity contribution < 1.29 is 31.5 Å². The highest BCUT2D eigenvalue weighted by Gasteiger charge is 2.33. The molecule has 2 aromatic rings. The molecule has 0 bridgehead atoms. The zero-order chi connectivity index (χ0) is 18.4. The Morgan fingerprint density at radius 2 is 1.75 bits per heavy atom. The van der Waals surface area contributed by atoms with Gasteiger partial charge in [-0.3, -0.25) is 0 Å².